The highest BCUT2D eigenvalue weighted by Crippen LogP contribution is 2.29. The molecule has 0 saturated heterocycles. The Balaban J connectivity index is 1.56. The van der Waals surface area contributed by atoms with Gasteiger partial charge in [-0.25, -0.2) is 9.69 Å². The Kier molecular flexibility index (Phi) is 5.09. The molecule has 3 amide bonds. The molecule has 4 rings (SSSR count). The molecular formula is C24H18N2O5. The van der Waals surface area contributed by atoms with E-state index in [1.807, 2.05) is 19.1 Å². The predicted molar refractivity (Wildman–Crippen MR) is 114 cm³/mol. The number of carbonyl (C=O) groups excluding carboxylic acids is 4. The molecule has 3 aromatic carbocycles. The first kappa shape index (κ1) is 20.0. The number of hydrogen-bond donors (Lipinski definition) is 1. The average molecular weight is 414 g/mol. The molecule has 0 aromatic heterocycles. The third kappa shape index (κ3) is 3.69. The topological polar surface area (TPSA) is 92.8 Å². The summed E-state index contributed by atoms with van der Waals surface area (Å²) in [5.74, 6) is -1.81. The first-order valence-electron chi connectivity index (χ1n) is 9.48. The van der Waals surface area contributed by atoms with Gasteiger partial charge in [-0.1, -0.05) is 17.7 Å². The zero-order valence-corrected chi connectivity index (χ0v) is 16.8. The number of nitrogens with one attached hydrogen (secondary N) is 1. The number of amides is 3. The van der Waals surface area contributed by atoms with E-state index < -0.39 is 23.7 Å². The van der Waals surface area contributed by atoms with Crippen LogP contribution in [0.3, 0.4) is 0 Å². The van der Waals surface area contributed by atoms with Crippen LogP contribution in [0.5, 0.6) is 0 Å². The highest BCUT2D eigenvalue weighted by Gasteiger charge is 2.37. The van der Waals surface area contributed by atoms with Crippen LogP contribution >= 0.6 is 0 Å². The number of rotatable bonds is 4. The van der Waals surface area contributed by atoms with Crippen LogP contribution in [0.15, 0.2) is 66.7 Å². The number of aryl methyl sites for hydroxylation is 1. The number of imide groups is 1. The van der Waals surface area contributed by atoms with Crippen molar-refractivity contribution in [2.45, 2.75) is 6.92 Å². The van der Waals surface area contributed by atoms with E-state index >= 15 is 0 Å². The normalized spacial score (nSPS) is 12.5. The third-order valence-corrected chi connectivity index (χ3v) is 5.00. The SMILES string of the molecule is COC(=O)c1ccc(NC(=O)c2ccc3c(c2)C(=O)N(c2ccc(C)cc2)C3=O)cc1. The zero-order valence-electron chi connectivity index (χ0n) is 16.8. The van der Waals surface area contributed by atoms with Crippen LogP contribution in [-0.2, 0) is 4.74 Å². The van der Waals surface area contributed by atoms with Crippen LogP contribution < -0.4 is 10.2 Å². The molecule has 1 aliphatic heterocycles. The quantitative estimate of drug-likeness (QED) is 0.517. The Morgan fingerprint density at radius 1 is 0.806 bits per heavy atom. The molecule has 0 bridgehead atoms. The Morgan fingerprint density at radius 2 is 1.42 bits per heavy atom. The van der Waals surface area contributed by atoms with Crippen molar-refractivity contribution in [3.05, 3.63) is 94.5 Å². The van der Waals surface area contributed by atoms with Gasteiger partial charge >= 0.3 is 5.97 Å². The smallest absolute Gasteiger partial charge is 0.337 e. The minimum Gasteiger partial charge on any atom is -0.465 e. The summed E-state index contributed by atoms with van der Waals surface area (Å²) in [6.07, 6.45) is 0. The van der Waals surface area contributed by atoms with E-state index in [2.05, 4.69) is 10.1 Å². The summed E-state index contributed by atoms with van der Waals surface area (Å²) >= 11 is 0. The van der Waals surface area contributed by atoms with Gasteiger partial charge in [0.2, 0.25) is 0 Å². The predicted octanol–water partition coefficient (Wildman–Crippen LogP) is 3.83. The van der Waals surface area contributed by atoms with E-state index in [0.29, 0.717) is 16.9 Å². The fourth-order valence-corrected chi connectivity index (χ4v) is 3.32. The molecule has 0 radical (unpaired) electrons. The van der Waals surface area contributed by atoms with Gasteiger partial charge in [-0.3, -0.25) is 14.4 Å². The van der Waals surface area contributed by atoms with Gasteiger partial charge in [0.05, 0.1) is 29.5 Å². The maximum Gasteiger partial charge on any atom is 0.337 e. The van der Waals surface area contributed by atoms with E-state index in [0.717, 1.165) is 10.5 Å². The van der Waals surface area contributed by atoms with Crippen molar-refractivity contribution in [3.8, 4) is 0 Å². The standard InChI is InChI=1S/C24H18N2O5/c1-14-3-10-18(11-4-14)26-22(28)19-12-7-16(13-20(19)23(26)29)21(27)25-17-8-5-15(6-9-17)24(30)31-2/h3-13H,1-2H3,(H,25,27). The summed E-state index contributed by atoms with van der Waals surface area (Å²) in [7, 11) is 1.29. The summed E-state index contributed by atoms with van der Waals surface area (Å²) in [5.41, 5.74) is 3.00. The van der Waals surface area contributed by atoms with Crippen LogP contribution in [-0.4, -0.2) is 30.8 Å². The lowest BCUT2D eigenvalue weighted by Crippen LogP contribution is -2.29. The maximum absolute atomic E-state index is 12.9. The summed E-state index contributed by atoms with van der Waals surface area (Å²) in [6.45, 7) is 1.92. The number of hydrogen-bond acceptors (Lipinski definition) is 5. The van der Waals surface area contributed by atoms with Crippen LogP contribution in [0.2, 0.25) is 0 Å². The number of anilines is 2. The van der Waals surface area contributed by atoms with Gasteiger partial charge in [-0.2, -0.15) is 0 Å². The number of benzene rings is 3. The molecule has 7 heteroatoms. The van der Waals surface area contributed by atoms with Crippen molar-refractivity contribution in [3.63, 3.8) is 0 Å². The molecule has 0 atom stereocenters. The summed E-state index contributed by atoms with van der Waals surface area (Å²) in [6, 6.07) is 17.7. The largest absolute Gasteiger partial charge is 0.465 e. The highest BCUT2D eigenvalue weighted by atomic mass is 16.5. The molecule has 0 fully saturated rings. The molecule has 0 aliphatic carbocycles. The van der Waals surface area contributed by atoms with E-state index in [1.165, 1.54) is 37.4 Å². The van der Waals surface area contributed by atoms with Crippen molar-refractivity contribution in [1.82, 2.24) is 0 Å². The second-order valence-electron chi connectivity index (χ2n) is 7.06. The van der Waals surface area contributed by atoms with Gasteiger partial charge in [0.15, 0.2) is 0 Å². The summed E-state index contributed by atoms with van der Waals surface area (Å²) in [4.78, 5) is 50.9. The van der Waals surface area contributed by atoms with Gasteiger partial charge in [0.25, 0.3) is 17.7 Å². The molecule has 0 saturated carbocycles. The van der Waals surface area contributed by atoms with Gasteiger partial charge in [-0.05, 0) is 61.5 Å². The Labute approximate surface area is 178 Å². The Hall–Kier alpha value is -4.26. The van der Waals surface area contributed by atoms with Crippen molar-refractivity contribution < 1.29 is 23.9 Å². The highest BCUT2D eigenvalue weighted by molar-refractivity contribution is 6.34. The molecule has 154 valence electrons. The molecule has 3 aromatic rings. The zero-order chi connectivity index (χ0) is 22.1. The second-order valence-corrected chi connectivity index (χ2v) is 7.06. The molecule has 0 unspecified atom stereocenters. The van der Waals surface area contributed by atoms with Gasteiger partial charge in [-0.15, -0.1) is 0 Å². The number of fused-ring (bicyclic) bond motifs is 1. The third-order valence-electron chi connectivity index (χ3n) is 5.00. The van der Waals surface area contributed by atoms with Gasteiger partial charge in [0, 0.05) is 11.3 Å². The maximum atomic E-state index is 12.9. The van der Waals surface area contributed by atoms with Gasteiger partial charge < -0.3 is 10.1 Å². The lowest BCUT2D eigenvalue weighted by atomic mass is 10.1. The fourth-order valence-electron chi connectivity index (χ4n) is 3.32. The molecule has 1 N–H and O–H groups in total. The Morgan fingerprint density at radius 3 is 2.06 bits per heavy atom. The van der Waals surface area contributed by atoms with Crippen molar-refractivity contribution in [2.24, 2.45) is 0 Å². The lowest BCUT2D eigenvalue weighted by molar-refractivity contribution is 0.0600. The molecule has 1 heterocycles. The van der Waals surface area contributed by atoms with E-state index in [9.17, 15) is 19.2 Å². The first-order chi connectivity index (χ1) is 14.9. The number of carbonyl (C=O) groups is 4. The molecule has 1 aliphatic rings. The number of nitrogens with zero attached hydrogens (tertiary/aromatic N) is 1. The fraction of sp³-hybridized carbons (Fsp3) is 0.0833. The number of ether oxygens (including phenoxy) is 1. The first-order valence-corrected chi connectivity index (χ1v) is 9.48. The van der Waals surface area contributed by atoms with E-state index in [-0.39, 0.29) is 16.7 Å². The van der Waals surface area contributed by atoms with E-state index in [4.69, 9.17) is 0 Å². The van der Waals surface area contributed by atoms with Crippen molar-refractivity contribution in [1.29, 1.82) is 0 Å². The van der Waals surface area contributed by atoms with Crippen LogP contribution in [0.1, 0.15) is 47.0 Å². The van der Waals surface area contributed by atoms with Crippen LogP contribution in [0.4, 0.5) is 11.4 Å². The molecule has 7 nitrogen and oxygen atoms in total. The minimum atomic E-state index is -0.474. The summed E-state index contributed by atoms with van der Waals surface area (Å²) < 4.78 is 4.64. The number of esters is 1. The molecule has 0 spiro atoms. The molecular weight excluding hydrogens is 396 g/mol. The monoisotopic (exact) mass is 414 g/mol. The van der Waals surface area contributed by atoms with E-state index in [1.54, 1.807) is 24.3 Å². The van der Waals surface area contributed by atoms with Crippen molar-refractivity contribution in [2.75, 3.05) is 17.3 Å². The second kappa shape index (κ2) is 7.87. The van der Waals surface area contributed by atoms with Crippen LogP contribution in [0, 0.1) is 6.92 Å². The molecule has 31 heavy (non-hydrogen) atoms. The minimum absolute atomic E-state index is 0.180. The number of methoxy groups -OCH3 is 1. The van der Waals surface area contributed by atoms with Gasteiger partial charge in [0.1, 0.15) is 0 Å². The average Bonchev–Trinajstić information content (AvgIpc) is 3.04. The van der Waals surface area contributed by atoms with Crippen LogP contribution in [0.25, 0.3) is 0 Å². The van der Waals surface area contributed by atoms with Crippen molar-refractivity contribution >= 4 is 35.1 Å². The Bertz CT molecular complexity index is 1210. The lowest BCUT2D eigenvalue weighted by Gasteiger charge is -2.13. The summed E-state index contributed by atoms with van der Waals surface area (Å²) in [5, 5.41) is 2.71.